The largest absolute Gasteiger partial charge is 0.559 e. The average molecular weight is 324 g/mol. The van der Waals surface area contributed by atoms with Gasteiger partial charge in [-0.25, -0.2) is 0 Å². The number of aromatic nitrogens is 1. The van der Waals surface area contributed by atoms with Gasteiger partial charge in [-0.2, -0.15) is 36.2 Å². The zero-order valence-electron chi connectivity index (χ0n) is 9.76. The van der Waals surface area contributed by atoms with Crippen molar-refractivity contribution in [1.29, 1.82) is 0 Å². The summed E-state index contributed by atoms with van der Waals surface area (Å²) in [5.41, 5.74) is -3.20. The molecule has 1 heterocycles. The molecule has 1 aromatic carbocycles. The molecular formula is C7H8N4O9S. The second-order valence-corrected chi connectivity index (χ2v) is 4.92. The van der Waals surface area contributed by atoms with E-state index in [-0.39, 0.29) is 4.70 Å². The third-order valence-electron chi connectivity index (χ3n) is 2.36. The third-order valence-corrected chi connectivity index (χ3v) is 3.42. The summed E-state index contributed by atoms with van der Waals surface area (Å²) in [6.07, 6.45) is 0. The second kappa shape index (κ2) is 4.56. The van der Waals surface area contributed by atoms with Gasteiger partial charge in [-0.05, 0) is 32.3 Å². The van der Waals surface area contributed by atoms with E-state index in [0.717, 1.165) is 6.07 Å². The van der Waals surface area contributed by atoms with Crippen LogP contribution in [0.3, 0.4) is 0 Å². The lowest BCUT2D eigenvalue weighted by Crippen LogP contribution is -2.41. The van der Waals surface area contributed by atoms with E-state index in [2.05, 4.69) is 4.98 Å². The zero-order chi connectivity index (χ0) is 16.2. The summed E-state index contributed by atoms with van der Waals surface area (Å²) in [7, 11) is 0. The lowest BCUT2D eigenvalue weighted by Gasteiger charge is -2.29. The van der Waals surface area contributed by atoms with E-state index in [4.69, 9.17) is 31.2 Å². The standard InChI is InChI=1S/C7H8N4O9S/c12-9(13,14)3-1-2-4-5(6(3)10(15,16)17)8-7(21-4)11(18,19)20/h1-2,12-13,15-16,18-19H. The van der Waals surface area contributed by atoms with Crippen LogP contribution in [0.25, 0.3) is 10.2 Å². The molecule has 0 amide bonds. The fraction of sp³-hybridized carbons (Fsp3) is 0. The van der Waals surface area contributed by atoms with Crippen molar-refractivity contribution in [2.45, 2.75) is 0 Å². The minimum absolute atomic E-state index is 0.125. The van der Waals surface area contributed by atoms with Gasteiger partial charge in [-0.3, -0.25) is 0 Å². The molecule has 14 heteroatoms. The van der Waals surface area contributed by atoms with Crippen LogP contribution in [0.15, 0.2) is 12.1 Å². The van der Waals surface area contributed by atoms with Crippen LogP contribution in [-0.4, -0.2) is 36.2 Å². The Labute approximate surface area is 118 Å². The van der Waals surface area contributed by atoms with Crippen LogP contribution >= 0.6 is 11.3 Å². The molecule has 6 N–H and O–H groups in total. The van der Waals surface area contributed by atoms with Gasteiger partial charge in [0.05, 0.1) is 4.70 Å². The van der Waals surface area contributed by atoms with Crippen molar-refractivity contribution < 1.29 is 31.2 Å². The molecule has 0 saturated carbocycles. The average Bonchev–Trinajstić information content (AvgIpc) is 2.67. The van der Waals surface area contributed by atoms with E-state index in [0.29, 0.717) is 17.4 Å². The van der Waals surface area contributed by atoms with Crippen molar-refractivity contribution in [3.05, 3.63) is 27.8 Å². The van der Waals surface area contributed by atoms with E-state index < -0.39 is 36.9 Å². The molecule has 0 aliphatic heterocycles. The smallest absolute Gasteiger partial charge is 0.355 e. The molecule has 0 bridgehead atoms. The van der Waals surface area contributed by atoms with Gasteiger partial charge in [-0.15, -0.1) is 0 Å². The molecule has 0 fully saturated rings. The zero-order valence-corrected chi connectivity index (χ0v) is 10.6. The first-order valence-electron chi connectivity index (χ1n) is 4.93. The second-order valence-electron chi connectivity index (χ2n) is 3.91. The Morgan fingerprint density at radius 3 is 1.86 bits per heavy atom. The summed E-state index contributed by atoms with van der Waals surface area (Å²) in [6.45, 7) is 0. The summed E-state index contributed by atoms with van der Waals surface area (Å²) in [6, 6.07) is 1.65. The van der Waals surface area contributed by atoms with Crippen molar-refractivity contribution in [2.24, 2.45) is 0 Å². The van der Waals surface area contributed by atoms with Crippen LogP contribution in [0.4, 0.5) is 16.5 Å². The summed E-state index contributed by atoms with van der Waals surface area (Å²) >= 11 is 0.359. The molecular weight excluding hydrogens is 316 g/mol. The first-order chi connectivity index (χ1) is 9.32. The Morgan fingerprint density at radius 1 is 0.857 bits per heavy atom. The quantitative estimate of drug-likeness (QED) is 0.349. The lowest BCUT2D eigenvalue weighted by atomic mass is 10.2. The highest BCUT2D eigenvalue weighted by atomic mass is 32.1. The van der Waals surface area contributed by atoms with Crippen molar-refractivity contribution in [3.8, 4) is 0 Å². The molecule has 0 aliphatic carbocycles. The highest BCUT2D eigenvalue weighted by Crippen LogP contribution is 2.43. The first-order valence-corrected chi connectivity index (χ1v) is 5.75. The van der Waals surface area contributed by atoms with Gasteiger partial charge in [0.1, 0.15) is 0 Å². The van der Waals surface area contributed by atoms with Gasteiger partial charge >= 0.3 is 5.13 Å². The molecule has 0 aliphatic rings. The highest BCUT2D eigenvalue weighted by Gasteiger charge is 2.37. The minimum Gasteiger partial charge on any atom is -0.559 e. The van der Waals surface area contributed by atoms with Crippen molar-refractivity contribution in [3.63, 3.8) is 0 Å². The predicted molar refractivity (Wildman–Crippen MR) is 65.8 cm³/mol. The molecule has 0 radical (unpaired) electrons. The van der Waals surface area contributed by atoms with E-state index in [9.17, 15) is 15.6 Å². The Hall–Kier alpha value is -1.37. The number of hydrogen-bond acceptors (Lipinski definition) is 11. The number of hydrogen-bond donors (Lipinski definition) is 6. The van der Waals surface area contributed by atoms with Crippen LogP contribution in [-0.2, 0) is 0 Å². The molecule has 2 aromatic rings. The van der Waals surface area contributed by atoms with E-state index in [1.165, 1.54) is 0 Å². The molecule has 0 unspecified atom stereocenters. The minimum atomic E-state index is -3.26. The van der Waals surface area contributed by atoms with E-state index in [1.54, 1.807) is 0 Å². The molecule has 0 saturated heterocycles. The number of rotatable bonds is 3. The van der Waals surface area contributed by atoms with E-state index >= 15 is 0 Å². The maximum Gasteiger partial charge on any atom is 0.355 e. The predicted octanol–water partition coefficient (Wildman–Crippen LogP) is 1.05. The third kappa shape index (κ3) is 2.97. The summed E-state index contributed by atoms with van der Waals surface area (Å²) in [5, 5.41) is 86.1. The topological polar surface area (TPSA) is 203 Å². The van der Waals surface area contributed by atoms with Gasteiger partial charge < -0.3 is 15.6 Å². The number of fused-ring (bicyclic) bond motifs is 1. The number of quaternary nitrogens is 3. The number of benzene rings is 1. The molecule has 21 heavy (non-hydrogen) atoms. The molecule has 0 spiro atoms. The number of nitrogens with zero attached hydrogens (tertiary/aromatic N) is 4. The molecule has 0 atom stereocenters. The SMILES string of the molecule is [O-][N+](O)(O)c1nc2c([N+]([O-])(O)O)c([N+]([O-])(O)O)ccc2s1. The van der Waals surface area contributed by atoms with Gasteiger partial charge in [0.2, 0.25) is 0 Å². The Morgan fingerprint density at radius 2 is 1.43 bits per heavy atom. The highest BCUT2D eigenvalue weighted by molar-refractivity contribution is 7.22. The summed E-state index contributed by atoms with van der Waals surface area (Å²) in [5.74, 6) is 0. The normalized spacial score (nSPS) is 14.0. The summed E-state index contributed by atoms with van der Waals surface area (Å²) < 4.78 is -0.125. The van der Waals surface area contributed by atoms with Crippen molar-refractivity contribution in [2.75, 3.05) is 0 Å². The first kappa shape index (κ1) is 16.0. The van der Waals surface area contributed by atoms with Crippen molar-refractivity contribution in [1.82, 2.24) is 19.9 Å². The Kier molecular flexibility index (Phi) is 3.48. The van der Waals surface area contributed by atoms with Crippen LogP contribution in [0.1, 0.15) is 0 Å². The van der Waals surface area contributed by atoms with Gasteiger partial charge in [0, 0.05) is 6.07 Å². The molecule has 116 valence electrons. The summed E-state index contributed by atoms with van der Waals surface area (Å²) in [4.78, 5) is -6.09. The van der Waals surface area contributed by atoms with Gasteiger partial charge in [-0.1, -0.05) is 0 Å². The van der Waals surface area contributed by atoms with E-state index in [1.807, 2.05) is 0 Å². The van der Waals surface area contributed by atoms with Crippen LogP contribution < -0.4 is 14.9 Å². The fourth-order valence-electron chi connectivity index (χ4n) is 1.60. The monoisotopic (exact) mass is 324 g/mol. The Bertz CT molecular complexity index is 682. The van der Waals surface area contributed by atoms with Crippen LogP contribution in [0.5, 0.6) is 0 Å². The maximum absolute atomic E-state index is 11.3. The van der Waals surface area contributed by atoms with Gasteiger partial charge in [0.25, 0.3) is 11.4 Å². The molecule has 13 nitrogen and oxygen atoms in total. The molecule has 1 aromatic heterocycles. The molecule has 2 rings (SSSR count). The van der Waals surface area contributed by atoms with Crippen molar-refractivity contribution >= 4 is 38.1 Å². The lowest BCUT2D eigenvalue weighted by molar-refractivity contribution is -0.269. The van der Waals surface area contributed by atoms with Gasteiger partial charge in [0.15, 0.2) is 5.52 Å². The van der Waals surface area contributed by atoms with Crippen LogP contribution in [0, 0.1) is 15.6 Å². The number of thiazole rings is 1. The Balaban J connectivity index is 2.86. The maximum atomic E-state index is 11.3. The van der Waals surface area contributed by atoms with Crippen LogP contribution in [0.2, 0.25) is 0 Å². The fourth-order valence-corrected chi connectivity index (χ4v) is 2.43.